The first kappa shape index (κ1) is 14.3. The molecule has 6 nitrogen and oxygen atoms in total. The molecule has 22 heavy (non-hydrogen) atoms. The summed E-state index contributed by atoms with van der Waals surface area (Å²) in [4.78, 5) is 23.3. The van der Waals surface area contributed by atoms with Crippen LogP contribution in [0.2, 0.25) is 0 Å². The maximum absolute atomic E-state index is 12.2. The molecule has 1 fully saturated rings. The fraction of sp³-hybridized carbons (Fsp3) is 0.312. The minimum absolute atomic E-state index is 0.183. The summed E-state index contributed by atoms with van der Waals surface area (Å²) in [5, 5.41) is 16.0. The van der Waals surface area contributed by atoms with Crippen molar-refractivity contribution in [3.63, 3.8) is 0 Å². The molecule has 1 aliphatic rings. The molecule has 0 atom stereocenters. The third-order valence-electron chi connectivity index (χ3n) is 3.76. The summed E-state index contributed by atoms with van der Waals surface area (Å²) in [5.74, 6) is -0.612. The van der Waals surface area contributed by atoms with Gasteiger partial charge in [0.2, 0.25) is 0 Å². The molecule has 1 saturated carbocycles. The van der Waals surface area contributed by atoms with E-state index in [1.165, 1.54) is 25.1 Å². The highest BCUT2D eigenvalue weighted by molar-refractivity contribution is 6.04. The molecule has 0 bridgehead atoms. The molecule has 2 N–H and O–H groups in total. The molecule has 1 aliphatic carbocycles. The van der Waals surface area contributed by atoms with Crippen LogP contribution in [0.15, 0.2) is 30.6 Å². The molecule has 3 rings (SSSR count). The van der Waals surface area contributed by atoms with E-state index in [1.54, 1.807) is 29.9 Å². The molecular weight excluding hydrogens is 282 g/mol. The van der Waals surface area contributed by atoms with E-state index >= 15 is 0 Å². The van der Waals surface area contributed by atoms with E-state index < -0.39 is 5.97 Å². The normalized spacial score (nSPS) is 13.9. The van der Waals surface area contributed by atoms with E-state index in [0.717, 1.165) is 6.54 Å². The third-order valence-corrected chi connectivity index (χ3v) is 3.76. The summed E-state index contributed by atoms with van der Waals surface area (Å²) in [7, 11) is 0. The summed E-state index contributed by atoms with van der Waals surface area (Å²) < 4.78 is 1.78. The van der Waals surface area contributed by atoms with Crippen molar-refractivity contribution in [2.45, 2.75) is 26.3 Å². The van der Waals surface area contributed by atoms with E-state index in [2.05, 4.69) is 10.4 Å². The Kier molecular flexibility index (Phi) is 3.66. The van der Waals surface area contributed by atoms with Gasteiger partial charge in [-0.1, -0.05) is 6.07 Å². The Hall–Kier alpha value is -2.63. The second kappa shape index (κ2) is 5.63. The Balaban J connectivity index is 1.71. The first-order valence-electron chi connectivity index (χ1n) is 7.20. The first-order valence-corrected chi connectivity index (χ1v) is 7.20. The van der Waals surface area contributed by atoms with Gasteiger partial charge in [-0.15, -0.1) is 0 Å². The first-order chi connectivity index (χ1) is 10.5. The van der Waals surface area contributed by atoms with Crippen LogP contribution in [0, 0.1) is 12.8 Å². The van der Waals surface area contributed by atoms with E-state index in [1.807, 2.05) is 0 Å². The predicted octanol–water partition coefficient (Wildman–Crippen LogP) is 2.55. The van der Waals surface area contributed by atoms with Gasteiger partial charge >= 0.3 is 5.97 Å². The Morgan fingerprint density at radius 3 is 2.86 bits per heavy atom. The average molecular weight is 299 g/mol. The Morgan fingerprint density at radius 1 is 1.41 bits per heavy atom. The quantitative estimate of drug-likeness (QED) is 0.888. The van der Waals surface area contributed by atoms with Crippen LogP contribution in [0.3, 0.4) is 0 Å². The van der Waals surface area contributed by atoms with Gasteiger partial charge in [0.1, 0.15) is 0 Å². The summed E-state index contributed by atoms with van der Waals surface area (Å²) in [6.45, 7) is 2.57. The number of hydrogen-bond donors (Lipinski definition) is 2. The minimum Gasteiger partial charge on any atom is -0.478 e. The largest absolute Gasteiger partial charge is 0.478 e. The molecule has 1 aromatic carbocycles. The highest BCUT2D eigenvalue weighted by Gasteiger charge is 2.22. The van der Waals surface area contributed by atoms with Crippen molar-refractivity contribution in [1.29, 1.82) is 0 Å². The Morgan fingerprint density at radius 2 is 2.18 bits per heavy atom. The number of aromatic carboxylic acids is 1. The maximum atomic E-state index is 12.2. The van der Waals surface area contributed by atoms with Crippen molar-refractivity contribution >= 4 is 17.6 Å². The van der Waals surface area contributed by atoms with Crippen LogP contribution < -0.4 is 5.32 Å². The lowest BCUT2D eigenvalue weighted by Crippen LogP contribution is -2.12. The number of hydrogen-bond acceptors (Lipinski definition) is 3. The molecule has 1 heterocycles. The molecule has 6 heteroatoms. The van der Waals surface area contributed by atoms with Gasteiger partial charge in [-0.2, -0.15) is 5.10 Å². The lowest BCUT2D eigenvalue weighted by Gasteiger charge is -2.06. The summed E-state index contributed by atoms with van der Waals surface area (Å²) >= 11 is 0. The van der Waals surface area contributed by atoms with Crippen molar-refractivity contribution < 1.29 is 14.7 Å². The van der Waals surface area contributed by atoms with Crippen LogP contribution >= 0.6 is 0 Å². The molecular formula is C16H17N3O3. The molecule has 1 amide bonds. The zero-order valence-corrected chi connectivity index (χ0v) is 12.2. The van der Waals surface area contributed by atoms with Gasteiger partial charge in [-0.3, -0.25) is 9.48 Å². The number of nitrogens with zero attached hydrogens (tertiary/aromatic N) is 2. The number of carboxylic acids is 1. The zero-order chi connectivity index (χ0) is 15.7. The number of anilines is 1. The van der Waals surface area contributed by atoms with Crippen LogP contribution in [0.25, 0.3) is 0 Å². The fourth-order valence-electron chi connectivity index (χ4n) is 2.28. The molecule has 0 aliphatic heterocycles. The second-order valence-electron chi connectivity index (χ2n) is 5.68. The number of aryl methyl sites for hydroxylation is 1. The number of rotatable bonds is 5. The van der Waals surface area contributed by atoms with E-state index in [0.29, 0.717) is 22.7 Å². The fourth-order valence-corrected chi connectivity index (χ4v) is 2.28. The summed E-state index contributed by atoms with van der Waals surface area (Å²) in [5.41, 5.74) is 1.77. The van der Waals surface area contributed by atoms with Gasteiger partial charge in [0, 0.05) is 18.4 Å². The second-order valence-corrected chi connectivity index (χ2v) is 5.68. The van der Waals surface area contributed by atoms with Crippen molar-refractivity contribution in [1.82, 2.24) is 9.78 Å². The van der Waals surface area contributed by atoms with Crippen molar-refractivity contribution in [3.05, 3.63) is 47.3 Å². The number of aromatic nitrogens is 2. The topological polar surface area (TPSA) is 84.2 Å². The Labute approximate surface area is 127 Å². The minimum atomic E-state index is -1.01. The van der Waals surface area contributed by atoms with Crippen molar-refractivity contribution in [3.8, 4) is 0 Å². The molecule has 0 unspecified atom stereocenters. The standard InChI is InChI=1S/C16H17N3O3/c1-10-2-5-13(6-14(10)16(21)22)18-15(20)12-7-17-19(9-12)8-11-3-4-11/h2,5-7,9,11H,3-4,8H2,1H3,(H,18,20)(H,21,22). The monoisotopic (exact) mass is 299 g/mol. The van der Waals surface area contributed by atoms with E-state index in [9.17, 15) is 9.59 Å². The van der Waals surface area contributed by atoms with Gasteiger partial charge in [-0.25, -0.2) is 4.79 Å². The number of carboxylic acid groups (broad SMARTS) is 1. The summed E-state index contributed by atoms with van der Waals surface area (Å²) in [6, 6.07) is 4.83. The smallest absolute Gasteiger partial charge is 0.336 e. The van der Waals surface area contributed by atoms with E-state index in [4.69, 9.17) is 5.11 Å². The number of amides is 1. The van der Waals surface area contributed by atoms with Gasteiger partial charge in [-0.05, 0) is 43.4 Å². The number of nitrogens with one attached hydrogen (secondary N) is 1. The number of carbonyl (C=O) groups is 2. The van der Waals surface area contributed by atoms with Gasteiger partial charge in [0.25, 0.3) is 5.91 Å². The van der Waals surface area contributed by atoms with Crippen LogP contribution in [-0.4, -0.2) is 26.8 Å². The predicted molar refractivity (Wildman–Crippen MR) is 81.0 cm³/mol. The van der Waals surface area contributed by atoms with Gasteiger partial charge < -0.3 is 10.4 Å². The SMILES string of the molecule is Cc1ccc(NC(=O)c2cnn(CC3CC3)c2)cc1C(=O)O. The number of benzene rings is 1. The molecule has 114 valence electrons. The van der Waals surface area contributed by atoms with Crippen molar-refractivity contribution in [2.24, 2.45) is 5.92 Å². The highest BCUT2D eigenvalue weighted by atomic mass is 16.4. The third kappa shape index (κ3) is 3.16. The zero-order valence-electron chi connectivity index (χ0n) is 12.2. The number of carbonyl (C=O) groups excluding carboxylic acids is 1. The highest BCUT2D eigenvalue weighted by Crippen LogP contribution is 2.30. The van der Waals surface area contributed by atoms with Gasteiger partial charge in [0.15, 0.2) is 0 Å². The van der Waals surface area contributed by atoms with Crippen LogP contribution in [0.1, 0.15) is 39.1 Å². The van der Waals surface area contributed by atoms with Crippen LogP contribution in [0.4, 0.5) is 5.69 Å². The van der Waals surface area contributed by atoms with Crippen LogP contribution in [-0.2, 0) is 6.54 Å². The lowest BCUT2D eigenvalue weighted by molar-refractivity contribution is 0.0695. The lowest BCUT2D eigenvalue weighted by atomic mass is 10.1. The molecule has 2 aromatic rings. The van der Waals surface area contributed by atoms with Crippen LogP contribution in [0.5, 0.6) is 0 Å². The molecule has 0 saturated heterocycles. The summed E-state index contributed by atoms with van der Waals surface area (Å²) in [6.07, 6.45) is 5.70. The molecule has 0 radical (unpaired) electrons. The Bertz CT molecular complexity index is 732. The van der Waals surface area contributed by atoms with Crippen molar-refractivity contribution in [2.75, 3.05) is 5.32 Å². The molecule has 1 aromatic heterocycles. The maximum Gasteiger partial charge on any atom is 0.336 e. The average Bonchev–Trinajstić information content (AvgIpc) is 3.15. The van der Waals surface area contributed by atoms with Gasteiger partial charge in [0.05, 0.1) is 17.3 Å². The van der Waals surface area contributed by atoms with E-state index in [-0.39, 0.29) is 11.5 Å². The molecule has 0 spiro atoms.